The third-order valence-electron chi connectivity index (χ3n) is 4.67. The van der Waals surface area contributed by atoms with E-state index in [1.54, 1.807) is 10.9 Å². The van der Waals surface area contributed by atoms with E-state index in [1.807, 2.05) is 0 Å². The van der Waals surface area contributed by atoms with E-state index in [0.717, 1.165) is 6.21 Å². The van der Waals surface area contributed by atoms with Crippen molar-refractivity contribution >= 4 is 63.7 Å². The summed E-state index contributed by atoms with van der Waals surface area (Å²) in [6, 6.07) is 0. The van der Waals surface area contributed by atoms with Crippen LogP contribution in [0.15, 0.2) is 6.20 Å². The van der Waals surface area contributed by atoms with Gasteiger partial charge in [0.05, 0.1) is 29.7 Å². The first-order chi connectivity index (χ1) is 14.4. The van der Waals surface area contributed by atoms with Gasteiger partial charge in [-0.2, -0.15) is 10.1 Å². The summed E-state index contributed by atoms with van der Waals surface area (Å²) in [5, 5.41) is 12.4. The van der Waals surface area contributed by atoms with Gasteiger partial charge in [-0.15, -0.1) is 0 Å². The van der Waals surface area contributed by atoms with Gasteiger partial charge >= 0.3 is 0 Å². The Kier molecular flexibility index (Phi) is 5.83. The first-order valence-corrected chi connectivity index (χ1v) is 10.0. The van der Waals surface area contributed by atoms with Crippen molar-refractivity contribution in [3.8, 4) is 0 Å². The Morgan fingerprint density at radius 3 is 2.77 bits per heavy atom. The first-order valence-electron chi connectivity index (χ1n) is 8.91. The molecule has 2 unspecified atom stereocenters. The molecule has 1 aliphatic heterocycles. The number of halogens is 3. The summed E-state index contributed by atoms with van der Waals surface area (Å²) in [6.07, 6.45) is 3.31. The number of nitrogens with two attached hydrogens (primary N) is 1. The Bertz CT molecular complexity index is 1130. The van der Waals surface area contributed by atoms with Crippen LogP contribution in [0.3, 0.4) is 0 Å². The lowest BCUT2D eigenvalue weighted by molar-refractivity contribution is -0.121. The van der Waals surface area contributed by atoms with Crippen molar-refractivity contribution in [1.82, 2.24) is 29.7 Å². The average molecular weight is 470 g/mol. The maximum Gasteiger partial charge on any atom is 0.225 e. The van der Waals surface area contributed by atoms with Gasteiger partial charge in [-0.05, 0) is 24.4 Å². The van der Waals surface area contributed by atoms with Crippen molar-refractivity contribution in [3.63, 3.8) is 0 Å². The minimum atomic E-state index is -0.393. The predicted octanol–water partition coefficient (Wildman–Crippen LogP) is 3.04. The van der Waals surface area contributed by atoms with Crippen LogP contribution in [0.2, 0.25) is 15.6 Å². The van der Waals surface area contributed by atoms with Crippen LogP contribution < -0.4 is 5.73 Å². The zero-order valence-electron chi connectivity index (χ0n) is 15.3. The molecule has 3 N–H and O–H groups in total. The molecule has 10 nitrogen and oxygen atoms in total. The molecular weight excluding hydrogens is 455 g/mol. The van der Waals surface area contributed by atoms with Crippen LogP contribution >= 0.6 is 34.8 Å². The molecule has 4 heterocycles. The number of anilines is 1. The van der Waals surface area contributed by atoms with Crippen molar-refractivity contribution < 1.29 is 9.53 Å². The van der Waals surface area contributed by atoms with Crippen molar-refractivity contribution in [2.24, 2.45) is 0 Å². The van der Waals surface area contributed by atoms with Gasteiger partial charge in [0.2, 0.25) is 5.28 Å². The molecular formula is C17H15Cl3N8O2. The average Bonchev–Trinajstić information content (AvgIpc) is 3.28. The van der Waals surface area contributed by atoms with Gasteiger partial charge < -0.3 is 15.9 Å². The SMILES string of the molecule is N=Cc1c(N)nc(CC(=O)CC2CCC(n3ncc4c(Cl)nc(Cl)nc43)O2)nc1Cl. The fraction of sp³-hybridized carbons (Fsp3) is 0.353. The smallest absolute Gasteiger partial charge is 0.225 e. The highest BCUT2D eigenvalue weighted by atomic mass is 35.5. The minimum absolute atomic E-state index is 0.0194. The predicted molar refractivity (Wildman–Crippen MR) is 111 cm³/mol. The summed E-state index contributed by atoms with van der Waals surface area (Å²) >= 11 is 18.0. The molecule has 0 bridgehead atoms. The van der Waals surface area contributed by atoms with Crippen LogP contribution in [-0.2, 0) is 16.0 Å². The molecule has 1 aliphatic rings. The fourth-order valence-corrected chi connectivity index (χ4v) is 3.98. The van der Waals surface area contributed by atoms with Crippen LogP contribution in [0.25, 0.3) is 11.0 Å². The van der Waals surface area contributed by atoms with Gasteiger partial charge in [0.15, 0.2) is 11.9 Å². The number of nitrogen functional groups attached to an aromatic ring is 1. The molecule has 1 saturated heterocycles. The first kappa shape index (κ1) is 20.9. The standard InChI is InChI=1S/C17H15Cl3N8O2/c18-13-9(5-21)15(22)25-11(24-13)4-7(29)3-8-1-2-12(30-8)28-16-10(6-23-28)14(19)26-17(20)27-16/h5-6,8,12,21H,1-4H2,(H2,22,24,25). The van der Waals surface area contributed by atoms with Crippen molar-refractivity contribution in [1.29, 1.82) is 5.41 Å². The number of fused-ring (bicyclic) bond motifs is 1. The number of ketones is 1. The van der Waals surface area contributed by atoms with E-state index in [4.69, 9.17) is 50.7 Å². The summed E-state index contributed by atoms with van der Waals surface area (Å²) in [4.78, 5) is 28.6. The van der Waals surface area contributed by atoms with E-state index >= 15 is 0 Å². The molecule has 156 valence electrons. The Balaban J connectivity index is 1.42. The lowest BCUT2D eigenvalue weighted by Crippen LogP contribution is -2.18. The molecule has 13 heteroatoms. The Labute approximate surface area is 185 Å². The van der Waals surface area contributed by atoms with Crippen molar-refractivity contribution in [2.75, 3.05) is 5.73 Å². The third kappa shape index (κ3) is 4.08. The highest BCUT2D eigenvalue weighted by Gasteiger charge is 2.30. The number of carbonyl (C=O) groups is 1. The van der Waals surface area contributed by atoms with Crippen molar-refractivity contribution in [3.05, 3.63) is 33.2 Å². The molecule has 3 aromatic heterocycles. The van der Waals surface area contributed by atoms with E-state index < -0.39 is 6.23 Å². The van der Waals surface area contributed by atoms with Gasteiger partial charge in [0, 0.05) is 12.6 Å². The number of carbonyl (C=O) groups excluding carboxylic acids is 1. The maximum atomic E-state index is 12.5. The number of ether oxygens (including phenoxy) is 1. The third-order valence-corrected chi connectivity index (χ3v) is 5.41. The highest BCUT2D eigenvalue weighted by Crippen LogP contribution is 2.33. The van der Waals surface area contributed by atoms with Crippen LogP contribution in [0.5, 0.6) is 0 Å². The molecule has 1 fully saturated rings. The quantitative estimate of drug-likeness (QED) is 0.318. The Morgan fingerprint density at radius 1 is 1.23 bits per heavy atom. The molecule has 3 aromatic rings. The molecule has 2 atom stereocenters. The van der Waals surface area contributed by atoms with Crippen LogP contribution in [0.4, 0.5) is 5.82 Å². The van der Waals surface area contributed by atoms with E-state index in [-0.39, 0.29) is 57.5 Å². The maximum absolute atomic E-state index is 12.5. The van der Waals surface area contributed by atoms with Gasteiger partial charge in [-0.3, -0.25) is 4.79 Å². The van der Waals surface area contributed by atoms with Gasteiger partial charge in [-0.1, -0.05) is 23.2 Å². The molecule has 0 saturated carbocycles. The second-order valence-electron chi connectivity index (χ2n) is 6.69. The largest absolute Gasteiger partial charge is 0.383 e. The Hall–Kier alpha value is -2.40. The van der Waals surface area contributed by atoms with E-state index in [9.17, 15) is 4.79 Å². The zero-order valence-corrected chi connectivity index (χ0v) is 17.6. The van der Waals surface area contributed by atoms with Gasteiger partial charge in [0.25, 0.3) is 0 Å². The molecule has 0 aliphatic carbocycles. The van der Waals surface area contributed by atoms with Gasteiger partial charge in [-0.25, -0.2) is 19.6 Å². The second kappa shape index (κ2) is 8.38. The molecule has 30 heavy (non-hydrogen) atoms. The fourth-order valence-electron chi connectivity index (χ4n) is 3.31. The number of nitrogens with zero attached hydrogens (tertiary/aromatic N) is 6. The summed E-state index contributed by atoms with van der Waals surface area (Å²) in [7, 11) is 0. The number of aromatic nitrogens is 6. The Morgan fingerprint density at radius 2 is 2.03 bits per heavy atom. The normalized spacial score (nSPS) is 18.8. The van der Waals surface area contributed by atoms with Crippen molar-refractivity contribution in [2.45, 2.75) is 38.0 Å². The number of Topliss-reactive ketones (excluding diaryl/α,β-unsaturated/α-hetero) is 1. The summed E-state index contributed by atoms with van der Waals surface area (Å²) in [5.41, 5.74) is 6.45. The van der Waals surface area contributed by atoms with E-state index in [1.165, 1.54) is 0 Å². The van der Waals surface area contributed by atoms with E-state index in [0.29, 0.717) is 23.9 Å². The molecule has 0 radical (unpaired) electrons. The number of hydrogen-bond acceptors (Lipinski definition) is 9. The summed E-state index contributed by atoms with van der Waals surface area (Å²) in [6.45, 7) is 0. The number of hydrogen-bond donors (Lipinski definition) is 2. The van der Waals surface area contributed by atoms with Gasteiger partial charge in [0.1, 0.15) is 27.7 Å². The second-order valence-corrected chi connectivity index (χ2v) is 7.75. The van der Waals surface area contributed by atoms with Crippen LogP contribution in [0, 0.1) is 5.41 Å². The van der Waals surface area contributed by atoms with Crippen LogP contribution in [0.1, 0.15) is 36.9 Å². The molecule has 4 rings (SSSR count). The summed E-state index contributed by atoms with van der Waals surface area (Å²) < 4.78 is 7.59. The molecule has 0 aromatic carbocycles. The number of nitrogens with one attached hydrogen (secondary N) is 1. The lowest BCUT2D eigenvalue weighted by atomic mass is 10.1. The lowest BCUT2D eigenvalue weighted by Gasteiger charge is -2.14. The summed E-state index contributed by atoms with van der Waals surface area (Å²) in [5.74, 6) is 0.161. The monoisotopic (exact) mass is 468 g/mol. The number of rotatable bonds is 6. The minimum Gasteiger partial charge on any atom is -0.383 e. The topological polar surface area (TPSA) is 146 Å². The zero-order chi connectivity index (χ0) is 21.4. The van der Waals surface area contributed by atoms with E-state index in [2.05, 4.69) is 25.0 Å². The highest BCUT2D eigenvalue weighted by molar-refractivity contribution is 6.35. The molecule has 0 amide bonds. The van der Waals surface area contributed by atoms with Crippen LogP contribution in [-0.4, -0.2) is 47.8 Å². The molecule has 0 spiro atoms.